The molecule has 1 N–H and O–H groups in total. The molecule has 3 aromatic rings. The molecule has 7 nitrogen and oxygen atoms in total. The van der Waals surface area contributed by atoms with Crippen molar-refractivity contribution in [3.05, 3.63) is 58.9 Å². The highest BCUT2D eigenvalue weighted by Gasteiger charge is 2.26. The average molecular weight is 405 g/mol. The van der Waals surface area contributed by atoms with Crippen molar-refractivity contribution >= 4 is 17.4 Å². The van der Waals surface area contributed by atoms with Crippen molar-refractivity contribution < 1.29 is 4.79 Å². The molecule has 0 aliphatic carbocycles. The number of carbonyl (C=O) groups is 1. The number of piperidine rings is 1. The van der Waals surface area contributed by atoms with Crippen LogP contribution in [0, 0.1) is 33.6 Å². The number of aryl methyl sites for hydroxylation is 4. The van der Waals surface area contributed by atoms with Gasteiger partial charge in [0.25, 0.3) is 0 Å². The lowest BCUT2D eigenvalue weighted by Gasteiger charge is -2.31. The summed E-state index contributed by atoms with van der Waals surface area (Å²) in [6.45, 7) is 9.64. The fraction of sp³-hybridized carbons (Fsp3) is 0.391. The summed E-state index contributed by atoms with van der Waals surface area (Å²) in [5.74, 6) is 1.68. The molecule has 156 valence electrons. The average Bonchev–Trinajstić information content (AvgIpc) is 3.05. The van der Waals surface area contributed by atoms with Crippen LogP contribution in [0.5, 0.6) is 0 Å². The Morgan fingerprint density at radius 1 is 0.933 bits per heavy atom. The zero-order valence-corrected chi connectivity index (χ0v) is 18.0. The molecule has 1 aliphatic heterocycles. The normalized spacial score (nSPS) is 14.7. The Kier molecular flexibility index (Phi) is 5.53. The fourth-order valence-corrected chi connectivity index (χ4v) is 4.12. The molecule has 0 radical (unpaired) electrons. The van der Waals surface area contributed by atoms with Gasteiger partial charge in [0.05, 0.1) is 5.69 Å². The Bertz CT molecular complexity index is 1030. The zero-order valence-electron chi connectivity index (χ0n) is 18.0. The van der Waals surface area contributed by atoms with Gasteiger partial charge in [-0.3, -0.25) is 4.79 Å². The third kappa shape index (κ3) is 4.35. The lowest BCUT2D eigenvalue weighted by Crippen LogP contribution is -2.38. The summed E-state index contributed by atoms with van der Waals surface area (Å²) in [4.78, 5) is 14.9. The first kappa shape index (κ1) is 20.1. The minimum Gasteiger partial charge on any atom is -0.355 e. The molecule has 0 saturated carbocycles. The topological polar surface area (TPSA) is 75.9 Å². The van der Waals surface area contributed by atoms with Crippen LogP contribution in [0.25, 0.3) is 5.82 Å². The smallest absolute Gasteiger partial charge is 0.227 e. The van der Waals surface area contributed by atoms with Gasteiger partial charge in [-0.05, 0) is 82.0 Å². The Balaban J connectivity index is 1.36. The van der Waals surface area contributed by atoms with Crippen LogP contribution >= 0.6 is 0 Å². The highest BCUT2D eigenvalue weighted by Crippen LogP contribution is 2.24. The van der Waals surface area contributed by atoms with Crippen LogP contribution in [-0.2, 0) is 4.79 Å². The number of nitrogens with zero attached hydrogens (tertiary/aromatic N) is 5. The largest absolute Gasteiger partial charge is 0.355 e. The molecule has 1 fully saturated rings. The fourth-order valence-electron chi connectivity index (χ4n) is 4.12. The minimum atomic E-state index is 0.0176. The van der Waals surface area contributed by atoms with E-state index in [1.165, 1.54) is 0 Å². The summed E-state index contributed by atoms with van der Waals surface area (Å²) in [6.07, 6.45) is 1.61. The molecule has 3 heterocycles. The quantitative estimate of drug-likeness (QED) is 0.717. The first-order valence-electron chi connectivity index (χ1n) is 10.4. The third-order valence-corrected chi connectivity index (χ3v) is 5.54. The number of nitrogens with one attached hydrogen (secondary N) is 1. The second-order valence-corrected chi connectivity index (χ2v) is 8.22. The predicted octanol–water partition coefficient (Wildman–Crippen LogP) is 3.75. The van der Waals surface area contributed by atoms with Crippen molar-refractivity contribution in [2.75, 3.05) is 23.3 Å². The molecule has 0 bridgehead atoms. The summed E-state index contributed by atoms with van der Waals surface area (Å²) < 4.78 is 1.80. The van der Waals surface area contributed by atoms with E-state index >= 15 is 0 Å². The van der Waals surface area contributed by atoms with Crippen LogP contribution in [0.4, 0.5) is 11.5 Å². The van der Waals surface area contributed by atoms with Crippen molar-refractivity contribution in [1.29, 1.82) is 0 Å². The number of hydrogen-bond acceptors (Lipinski definition) is 5. The molecule has 2 aromatic heterocycles. The maximum Gasteiger partial charge on any atom is 0.227 e. The molecular formula is C23H28N6O. The van der Waals surface area contributed by atoms with Gasteiger partial charge < -0.3 is 10.2 Å². The Labute approximate surface area is 177 Å². The van der Waals surface area contributed by atoms with Crippen molar-refractivity contribution in [3.63, 3.8) is 0 Å². The number of hydrogen-bond donors (Lipinski definition) is 1. The maximum absolute atomic E-state index is 12.7. The summed E-state index contributed by atoms with van der Waals surface area (Å²) in [5, 5.41) is 16.3. The van der Waals surface area contributed by atoms with Crippen molar-refractivity contribution in [3.8, 4) is 5.82 Å². The molecule has 1 aliphatic rings. The van der Waals surface area contributed by atoms with E-state index in [4.69, 9.17) is 0 Å². The molecule has 0 unspecified atom stereocenters. The van der Waals surface area contributed by atoms with Gasteiger partial charge in [-0.15, -0.1) is 10.2 Å². The number of carbonyl (C=O) groups excluding carboxylic acids is 1. The van der Waals surface area contributed by atoms with Crippen LogP contribution in [0.3, 0.4) is 0 Å². The number of benzene rings is 1. The maximum atomic E-state index is 12.7. The summed E-state index contributed by atoms with van der Waals surface area (Å²) >= 11 is 0. The lowest BCUT2D eigenvalue weighted by molar-refractivity contribution is -0.120. The summed E-state index contributed by atoms with van der Waals surface area (Å²) in [6, 6.07) is 12.1. The van der Waals surface area contributed by atoms with E-state index < -0.39 is 0 Å². The van der Waals surface area contributed by atoms with E-state index in [-0.39, 0.29) is 11.8 Å². The Morgan fingerprint density at radius 3 is 2.13 bits per heavy atom. The van der Waals surface area contributed by atoms with E-state index in [0.717, 1.165) is 60.0 Å². The third-order valence-electron chi connectivity index (χ3n) is 5.54. The second kappa shape index (κ2) is 8.26. The zero-order chi connectivity index (χ0) is 21.3. The van der Waals surface area contributed by atoms with Gasteiger partial charge in [-0.25, -0.2) is 4.68 Å². The number of amides is 1. The molecule has 30 heavy (non-hydrogen) atoms. The molecule has 4 rings (SSSR count). The predicted molar refractivity (Wildman–Crippen MR) is 118 cm³/mol. The molecular weight excluding hydrogens is 376 g/mol. The van der Waals surface area contributed by atoms with Crippen molar-refractivity contribution in [1.82, 2.24) is 20.0 Å². The second-order valence-electron chi connectivity index (χ2n) is 8.22. The molecule has 1 saturated heterocycles. The van der Waals surface area contributed by atoms with Crippen LogP contribution in [0.1, 0.15) is 35.4 Å². The van der Waals surface area contributed by atoms with Gasteiger partial charge >= 0.3 is 0 Å². The van der Waals surface area contributed by atoms with Crippen LogP contribution in [-0.4, -0.2) is 39.0 Å². The van der Waals surface area contributed by atoms with Gasteiger partial charge in [0, 0.05) is 30.4 Å². The van der Waals surface area contributed by atoms with Gasteiger partial charge in [0.15, 0.2) is 11.6 Å². The number of rotatable bonds is 4. The van der Waals surface area contributed by atoms with Gasteiger partial charge in [-0.2, -0.15) is 5.10 Å². The molecule has 0 atom stereocenters. The standard InChI is InChI=1S/C23H28N6O/c1-15-11-16(2)13-20(12-15)24-23(30)19-7-9-28(10-8-19)21-5-6-22(26-25-21)29-18(4)14-17(3)27-29/h5-6,11-14,19H,7-10H2,1-4H3,(H,24,30). The Hall–Kier alpha value is -3.22. The number of anilines is 2. The molecule has 0 spiro atoms. The van der Waals surface area contributed by atoms with E-state index in [1.807, 2.05) is 58.0 Å². The van der Waals surface area contributed by atoms with E-state index in [2.05, 4.69) is 31.6 Å². The van der Waals surface area contributed by atoms with Gasteiger partial charge in [0.2, 0.25) is 5.91 Å². The first-order valence-corrected chi connectivity index (χ1v) is 10.4. The van der Waals surface area contributed by atoms with Gasteiger partial charge in [0.1, 0.15) is 0 Å². The van der Waals surface area contributed by atoms with Crippen LogP contribution < -0.4 is 10.2 Å². The first-order chi connectivity index (χ1) is 14.4. The molecule has 7 heteroatoms. The highest BCUT2D eigenvalue weighted by molar-refractivity contribution is 5.92. The van der Waals surface area contributed by atoms with Crippen molar-refractivity contribution in [2.45, 2.75) is 40.5 Å². The Morgan fingerprint density at radius 2 is 1.57 bits per heavy atom. The minimum absolute atomic E-state index is 0.0176. The number of aromatic nitrogens is 4. The monoisotopic (exact) mass is 404 g/mol. The van der Waals surface area contributed by atoms with Gasteiger partial charge in [-0.1, -0.05) is 6.07 Å². The SMILES string of the molecule is Cc1cc(C)cc(NC(=O)C2CCN(c3ccc(-n4nc(C)cc4C)nn3)CC2)c1. The van der Waals surface area contributed by atoms with Crippen LogP contribution in [0.15, 0.2) is 36.4 Å². The molecule has 1 amide bonds. The van der Waals surface area contributed by atoms with Crippen molar-refractivity contribution in [2.24, 2.45) is 5.92 Å². The van der Waals surface area contributed by atoms with Crippen LogP contribution in [0.2, 0.25) is 0 Å². The molecule has 1 aromatic carbocycles. The summed E-state index contributed by atoms with van der Waals surface area (Å²) in [5.41, 5.74) is 5.18. The highest BCUT2D eigenvalue weighted by atomic mass is 16.1. The van der Waals surface area contributed by atoms with E-state index in [9.17, 15) is 4.79 Å². The van der Waals surface area contributed by atoms with E-state index in [0.29, 0.717) is 5.82 Å². The summed E-state index contributed by atoms with van der Waals surface area (Å²) in [7, 11) is 0. The van der Waals surface area contributed by atoms with E-state index in [1.54, 1.807) is 4.68 Å². The lowest BCUT2D eigenvalue weighted by atomic mass is 9.95.